The van der Waals surface area contributed by atoms with Crippen LogP contribution in [0.1, 0.15) is 110 Å². The van der Waals surface area contributed by atoms with Gasteiger partial charge in [-0.2, -0.15) is 9.97 Å². The predicted molar refractivity (Wildman–Crippen MR) is 326 cm³/mol. The number of thiazole rings is 1. The number of nitrogens with zero attached hydrogens (tertiary/aromatic N) is 8. The number of aromatic nitrogens is 4. The third kappa shape index (κ3) is 14.0. The first-order chi connectivity index (χ1) is 41.0. The summed E-state index contributed by atoms with van der Waals surface area (Å²) in [5.41, 5.74) is 4.84. The third-order valence-corrected chi connectivity index (χ3v) is 17.7. The van der Waals surface area contributed by atoms with E-state index in [1.165, 1.54) is 4.90 Å². The second-order valence-electron chi connectivity index (χ2n) is 25.2. The number of carbonyl (C=O) groups excluding carboxylic acids is 4. The molecule has 6 atom stereocenters. The van der Waals surface area contributed by atoms with Crippen LogP contribution in [0.4, 0.5) is 15.0 Å². The highest BCUT2D eigenvalue weighted by molar-refractivity contribution is 7.13. The van der Waals surface area contributed by atoms with E-state index in [0.717, 1.165) is 76.8 Å². The number of aliphatic hydroxyl groups excluding tert-OH is 1. The number of aliphatic hydroxyl groups is 1. The minimum absolute atomic E-state index is 0.00952. The number of benzene rings is 3. The Morgan fingerprint density at radius 1 is 0.895 bits per heavy atom. The lowest BCUT2D eigenvalue weighted by Crippen LogP contribution is -2.58. The zero-order valence-corrected chi connectivity index (χ0v) is 51.5. The van der Waals surface area contributed by atoms with Crippen molar-refractivity contribution in [3.05, 3.63) is 88.9 Å². The Kier molecular flexibility index (Phi) is 18.8. The molecule has 2 unspecified atom stereocenters. The number of hydrogen-bond donors (Lipinski definition) is 4. The highest BCUT2D eigenvalue weighted by Crippen LogP contribution is 2.41. The summed E-state index contributed by atoms with van der Waals surface area (Å²) < 4.78 is 41.4. The molecule has 22 heteroatoms. The molecular weight excluding hydrogens is 1120 g/mol. The monoisotopic (exact) mass is 1200 g/mol. The molecule has 4 aliphatic rings. The molecule has 4 amide bonds. The van der Waals surface area contributed by atoms with Gasteiger partial charge >= 0.3 is 12.1 Å². The van der Waals surface area contributed by atoms with Crippen molar-refractivity contribution < 1.29 is 52.7 Å². The van der Waals surface area contributed by atoms with Crippen molar-refractivity contribution in [1.29, 1.82) is 0 Å². The Morgan fingerprint density at radius 3 is 2.30 bits per heavy atom. The van der Waals surface area contributed by atoms with Gasteiger partial charge < -0.3 is 49.6 Å². The number of aromatic hydroxyl groups is 1. The van der Waals surface area contributed by atoms with Gasteiger partial charge in [-0.3, -0.25) is 29.2 Å². The summed E-state index contributed by atoms with van der Waals surface area (Å²) in [4.78, 5) is 82.0. The molecule has 2 bridgehead atoms. The van der Waals surface area contributed by atoms with Gasteiger partial charge in [0.25, 0.3) is 0 Å². The minimum Gasteiger partial charge on any atom is -0.508 e. The van der Waals surface area contributed by atoms with E-state index in [2.05, 4.69) is 25.4 Å². The first-order valence-corrected chi connectivity index (χ1v) is 30.9. The largest absolute Gasteiger partial charge is 0.508 e. The van der Waals surface area contributed by atoms with Crippen molar-refractivity contribution in [2.24, 2.45) is 5.41 Å². The number of anilines is 1. The Morgan fingerprint density at radius 2 is 1.63 bits per heavy atom. The van der Waals surface area contributed by atoms with E-state index < -0.39 is 46.8 Å². The molecule has 460 valence electrons. The molecule has 4 N–H and O–H groups in total. The molecule has 10 rings (SSSR count). The Labute approximate surface area is 505 Å². The van der Waals surface area contributed by atoms with Crippen LogP contribution >= 0.6 is 11.3 Å². The number of nitrogens with one attached hydrogen (secondary N) is 2. The number of pyridine rings is 1. The van der Waals surface area contributed by atoms with Gasteiger partial charge in [-0.15, -0.1) is 11.3 Å². The molecule has 7 heterocycles. The van der Waals surface area contributed by atoms with Gasteiger partial charge in [0, 0.05) is 57.4 Å². The summed E-state index contributed by atoms with van der Waals surface area (Å²) in [7, 11) is 0. The van der Waals surface area contributed by atoms with Crippen LogP contribution in [-0.4, -0.2) is 176 Å². The van der Waals surface area contributed by atoms with Gasteiger partial charge in [0.05, 0.1) is 65.0 Å². The molecule has 86 heavy (non-hydrogen) atoms. The van der Waals surface area contributed by atoms with Crippen molar-refractivity contribution in [2.75, 3.05) is 70.6 Å². The number of phenolic OH excluding ortho intramolecular Hbond substituents is 1. The van der Waals surface area contributed by atoms with E-state index >= 15 is 4.39 Å². The number of ether oxygens (including phenoxy) is 4. The van der Waals surface area contributed by atoms with Gasteiger partial charge in [-0.1, -0.05) is 70.2 Å². The molecule has 4 aliphatic heterocycles. The molecule has 3 aromatic heterocycles. The number of phenols is 1. The number of piperazine rings is 1. The maximum atomic E-state index is 17.3. The van der Waals surface area contributed by atoms with Crippen LogP contribution in [0.25, 0.3) is 43.4 Å². The lowest BCUT2D eigenvalue weighted by molar-refractivity contribution is -0.144. The van der Waals surface area contributed by atoms with E-state index in [-0.39, 0.29) is 98.6 Å². The van der Waals surface area contributed by atoms with E-state index in [9.17, 15) is 29.4 Å². The van der Waals surface area contributed by atoms with Gasteiger partial charge in [-0.25, -0.2) is 14.2 Å². The summed E-state index contributed by atoms with van der Waals surface area (Å²) in [6, 6.07) is 14.4. The van der Waals surface area contributed by atoms with Gasteiger partial charge in [-0.05, 0) is 112 Å². The van der Waals surface area contributed by atoms with Crippen molar-refractivity contribution in [2.45, 2.75) is 149 Å². The van der Waals surface area contributed by atoms with Crippen LogP contribution in [-0.2, 0) is 35.0 Å². The average molecular weight is 1200 g/mol. The normalized spacial score (nSPS) is 20.2. The molecule has 0 saturated carbocycles. The highest BCUT2D eigenvalue weighted by Gasteiger charge is 2.47. The Hall–Kier alpha value is -7.11. The van der Waals surface area contributed by atoms with Crippen LogP contribution in [0.2, 0.25) is 0 Å². The Bertz CT molecular complexity index is 3420. The predicted octanol–water partition coefficient (Wildman–Crippen LogP) is 8.52. The van der Waals surface area contributed by atoms with Crippen molar-refractivity contribution in [3.63, 3.8) is 0 Å². The van der Waals surface area contributed by atoms with Crippen LogP contribution in [0.3, 0.4) is 0 Å². The fraction of sp³-hybridized carbons (Fsp3) is 0.531. The minimum atomic E-state index is -1.000. The molecule has 0 radical (unpaired) electrons. The molecule has 0 spiro atoms. The number of aryl methyl sites for hydroxylation is 2. The zero-order valence-electron chi connectivity index (χ0n) is 50.7. The second kappa shape index (κ2) is 26.1. The molecule has 4 fully saturated rings. The SMILES string of the molecule is CCc1cccc2cc(O)cc(-c3ncc4c(N5CC6CCC(C5)N6C(=O)OC(C)(C)C)nc(OCCN5CCC(OCCOCC(=O)N[C@H](C(=O)N6C[C@H](O)C[C@H]6C(=O)N[C@@H](C)c6ccc(-c7scnc7C)cc6)C(C)(C)C)CC5)nc4c3F)c12. The topological polar surface area (TPSA) is 234 Å². The summed E-state index contributed by atoms with van der Waals surface area (Å²) in [5, 5.41) is 29.4. The third-order valence-electron chi connectivity index (χ3n) is 16.8. The highest BCUT2D eigenvalue weighted by atomic mass is 32.1. The summed E-state index contributed by atoms with van der Waals surface area (Å²) in [6.07, 6.45) is 4.15. The van der Waals surface area contributed by atoms with E-state index in [1.807, 2.05) is 115 Å². The van der Waals surface area contributed by atoms with E-state index in [1.54, 1.807) is 29.7 Å². The van der Waals surface area contributed by atoms with Crippen LogP contribution < -0.4 is 20.3 Å². The molecule has 4 saturated heterocycles. The van der Waals surface area contributed by atoms with E-state index in [0.29, 0.717) is 42.8 Å². The average Bonchev–Trinajstić information content (AvgIpc) is 1.22. The number of carbonyl (C=O) groups is 4. The first kappa shape index (κ1) is 62.0. The van der Waals surface area contributed by atoms with E-state index in [4.69, 9.17) is 33.9 Å². The fourth-order valence-corrected chi connectivity index (χ4v) is 13.2. The number of piperidine rings is 1. The van der Waals surface area contributed by atoms with Crippen molar-refractivity contribution in [1.82, 2.24) is 45.3 Å². The number of β-amino-alcohol motifs (C(OH)–C–C–N with tert-alkyl or cyclic N) is 1. The number of hydrogen-bond acceptors (Lipinski definition) is 17. The zero-order chi connectivity index (χ0) is 61.2. The standard InChI is InChI=1S/C64H81FN10O10S/c1-10-39-12-11-13-42-28-45(76)29-48(52(39)42)54-53(65)55-49(31-66-54)58(73-32-43-18-19-44(33-73)75(43)62(81)85-64(7,8)9)71-61(70-55)84-25-24-72-22-20-47(21-23-72)83-27-26-82-35-51(78)69-57(63(4,5)6)60(80)74-34-46(77)30-50(74)59(79)68-37(2)40-14-16-41(17-15-40)56-38(3)67-36-86-56/h11-17,28-29,31,36-37,43-44,46-47,50,57,76-77H,10,18-27,30,32-35H2,1-9H3,(H,68,79)(H,69,78)/t37-,43?,44?,46+,50-,57+/m0/s1. The van der Waals surface area contributed by atoms with Gasteiger partial charge in [0.15, 0.2) is 5.82 Å². The van der Waals surface area contributed by atoms with Crippen LogP contribution in [0, 0.1) is 18.2 Å². The van der Waals surface area contributed by atoms with Crippen LogP contribution in [0.5, 0.6) is 11.8 Å². The fourth-order valence-electron chi connectivity index (χ4n) is 12.4. The molecule has 20 nitrogen and oxygen atoms in total. The number of fused-ring (bicyclic) bond motifs is 4. The number of likely N-dealkylation sites (tertiary alicyclic amines) is 2. The first-order valence-electron chi connectivity index (χ1n) is 30.0. The molecule has 3 aromatic carbocycles. The molecular formula is C64H81FN10O10S. The lowest BCUT2D eigenvalue weighted by Gasteiger charge is -2.42. The molecule has 6 aromatic rings. The van der Waals surface area contributed by atoms with Crippen LogP contribution in [0.15, 0.2) is 66.3 Å². The van der Waals surface area contributed by atoms with Crippen molar-refractivity contribution in [3.8, 4) is 33.5 Å². The number of amides is 4. The summed E-state index contributed by atoms with van der Waals surface area (Å²) >= 11 is 1.57. The molecule has 0 aliphatic carbocycles. The number of rotatable bonds is 19. The van der Waals surface area contributed by atoms with Gasteiger partial charge in [0.1, 0.15) is 53.7 Å². The number of halogens is 1. The lowest BCUT2D eigenvalue weighted by atomic mass is 9.85. The van der Waals surface area contributed by atoms with Gasteiger partial charge in [0.2, 0.25) is 17.7 Å². The summed E-state index contributed by atoms with van der Waals surface area (Å²) in [6.45, 7) is 20.1. The quantitative estimate of drug-likeness (QED) is 0.0557. The Balaban J connectivity index is 0.712. The second-order valence-corrected chi connectivity index (χ2v) is 26.1. The maximum absolute atomic E-state index is 17.3. The van der Waals surface area contributed by atoms with Crippen molar-refractivity contribution >= 4 is 62.6 Å². The smallest absolute Gasteiger partial charge is 0.410 e. The maximum Gasteiger partial charge on any atom is 0.410 e. The summed E-state index contributed by atoms with van der Waals surface area (Å²) in [5.74, 6) is -1.54.